The van der Waals surface area contributed by atoms with E-state index in [1.54, 1.807) is 6.20 Å². The summed E-state index contributed by atoms with van der Waals surface area (Å²) in [7, 11) is 0.496. The summed E-state index contributed by atoms with van der Waals surface area (Å²) in [6, 6.07) is 9.77. The Balaban J connectivity index is 1.37. The summed E-state index contributed by atoms with van der Waals surface area (Å²) in [6.45, 7) is 8.53. The number of pyridine rings is 1. The Kier molecular flexibility index (Phi) is 9.13. The molecule has 2 aliphatic rings. The molecule has 0 bridgehead atoms. The number of ether oxygens (including phenoxy) is 1. The largest absolute Gasteiger partial charge is 0.469 e. The second kappa shape index (κ2) is 12.3. The third-order valence-corrected chi connectivity index (χ3v) is 9.04. The number of hydrogen-bond acceptors (Lipinski definition) is 6. The van der Waals surface area contributed by atoms with Crippen LogP contribution in [0.2, 0.25) is 0 Å². The second-order valence-corrected chi connectivity index (χ2v) is 12.3. The molecular weight excluding hydrogens is 486 g/mol. The van der Waals surface area contributed by atoms with E-state index < -0.39 is 10.8 Å². The number of carbonyl (C=O) groups excluding carboxylic acids is 2. The highest BCUT2D eigenvalue weighted by molar-refractivity contribution is 7.85. The molecular formula is C29H39N3O4S. The van der Waals surface area contributed by atoms with Crippen molar-refractivity contribution in [2.75, 3.05) is 19.4 Å². The number of fused-ring (bicyclic) bond motifs is 1. The standard InChI is InChI=1S/C29H39N3O4S/c1-5-37(35)25-12-8-20(9-13-25)15-31-28(33)23-14-24-18-32(27(19(2)3)26(24)30-16-23)17-21-6-10-22(11-7-21)29(34)36-4/h8-9,12-14,16,19,21-22,27H,5-7,10-11,15,17-18H2,1-4H3,(H,31,33). The molecule has 1 aliphatic carbocycles. The zero-order chi connectivity index (χ0) is 26.5. The van der Waals surface area contributed by atoms with Gasteiger partial charge in [-0.2, -0.15) is 0 Å². The summed E-state index contributed by atoms with van der Waals surface area (Å²) >= 11 is 0. The van der Waals surface area contributed by atoms with Crippen molar-refractivity contribution in [2.45, 2.75) is 70.5 Å². The van der Waals surface area contributed by atoms with Crippen LogP contribution in [0.25, 0.3) is 0 Å². The van der Waals surface area contributed by atoms with E-state index in [-0.39, 0.29) is 23.8 Å². The number of rotatable bonds is 9. The van der Waals surface area contributed by atoms with Gasteiger partial charge in [-0.05, 0) is 66.8 Å². The van der Waals surface area contributed by atoms with Gasteiger partial charge in [0.15, 0.2) is 0 Å². The molecule has 2 aromatic rings. The molecule has 1 aliphatic heterocycles. The van der Waals surface area contributed by atoms with Crippen molar-refractivity contribution in [1.29, 1.82) is 0 Å². The fraction of sp³-hybridized carbons (Fsp3) is 0.552. The quantitative estimate of drug-likeness (QED) is 0.480. The molecule has 1 saturated carbocycles. The molecule has 1 amide bonds. The molecule has 7 nitrogen and oxygen atoms in total. The Labute approximate surface area is 222 Å². The highest BCUT2D eigenvalue weighted by Gasteiger charge is 2.36. The molecule has 2 heterocycles. The summed E-state index contributed by atoms with van der Waals surface area (Å²) in [5.41, 5.74) is 3.74. The molecule has 4 rings (SSSR count). The summed E-state index contributed by atoms with van der Waals surface area (Å²) in [6.07, 6.45) is 5.56. The van der Waals surface area contributed by atoms with Gasteiger partial charge in [-0.3, -0.25) is 23.7 Å². The Hall–Kier alpha value is -2.58. The first-order valence-electron chi connectivity index (χ1n) is 13.4. The van der Waals surface area contributed by atoms with Crippen molar-refractivity contribution in [1.82, 2.24) is 15.2 Å². The minimum Gasteiger partial charge on any atom is -0.469 e. The van der Waals surface area contributed by atoms with Crippen LogP contribution in [0.3, 0.4) is 0 Å². The maximum absolute atomic E-state index is 12.9. The number of carbonyl (C=O) groups is 2. The molecule has 0 radical (unpaired) electrons. The molecule has 0 saturated heterocycles. The minimum absolute atomic E-state index is 0.0407. The Morgan fingerprint density at radius 1 is 1.16 bits per heavy atom. The van der Waals surface area contributed by atoms with E-state index in [0.717, 1.165) is 60.5 Å². The smallest absolute Gasteiger partial charge is 0.308 e. The highest BCUT2D eigenvalue weighted by atomic mass is 32.2. The zero-order valence-electron chi connectivity index (χ0n) is 22.4. The number of aromatic nitrogens is 1. The third-order valence-electron chi connectivity index (χ3n) is 7.72. The van der Waals surface area contributed by atoms with Crippen molar-refractivity contribution < 1.29 is 18.5 Å². The number of nitrogens with one attached hydrogen (secondary N) is 1. The Morgan fingerprint density at radius 3 is 2.49 bits per heavy atom. The van der Waals surface area contributed by atoms with Gasteiger partial charge in [-0.15, -0.1) is 0 Å². The maximum atomic E-state index is 12.9. The number of esters is 1. The van der Waals surface area contributed by atoms with Gasteiger partial charge in [0.1, 0.15) is 0 Å². The summed E-state index contributed by atoms with van der Waals surface area (Å²) in [4.78, 5) is 32.9. The van der Waals surface area contributed by atoms with E-state index in [1.807, 2.05) is 37.3 Å². The van der Waals surface area contributed by atoms with E-state index in [0.29, 0.717) is 29.7 Å². The SMILES string of the molecule is CCS(=O)c1ccc(CNC(=O)c2cnc3c(c2)CN(CC2CCC(C(=O)OC)CC2)C3C(C)C)cc1. The summed E-state index contributed by atoms with van der Waals surface area (Å²) in [5, 5.41) is 2.99. The third kappa shape index (κ3) is 6.47. The van der Waals surface area contributed by atoms with Crippen LogP contribution in [0.1, 0.15) is 79.7 Å². The molecule has 8 heteroatoms. The lowest BCUT2D eigenvalue weighted by Crippen LogP contribution is -2.33. The van der Waals surface area contributed by atoms with Crippen molar-refractivity contribution in [3.05, 3.63) is 58.9 Å². The van der Waals surface area contributed by atoms with Crippen LogP contribution in [0.15, 0.2) is 41.4 Å². The topological polar surface area (TPSA) is 88.6 Å². The number of methoxy groups -OCH3 is 1. The molecule has 37 heavy (non-hydrogen) atoms. The average Bonchev–Trinajstić information content (AvgIpc) is 3.28. The van der Waals surface area contributed by atoms with Crippen molar-refractivity contribution in [2.24, 2.45) is 17.8 Å². The van der Waals surface area contributed by atoms with E-state index in [4.69, 9.17) is 9.72 Å². The first-order chi connectivity index (χ1) is 17.8. The van der Waals surface area contributed by atoms with E-state index in [2.05, 4.69) is 24.1 Å². The molecule has 0 spiro atoms. The molecule has 2 atom stereocenters. The lowest BCUT2D eigenvalue weighted by Gasteiger charge is -2.34. The van der Waals surface area contributed by atoms with Gasteiger partial charge in [0, 0.05) is 36.5 Å². The lowest BCUT2D eigenvalue weighted by molar-refractivity contribution is -0.146. The van der Waals surface area contributed by atoms with E-state index in [1.165, 1.54) is 7.11 Å². The predicted octanol–water partition coefficient (Wildman–Crippen LogP) is 4.63. The van der Waals surface area contributed by atoms with Crippen LogP contribution >= 0.6 is 0 Å². The van der Waals surface area contributed by atoms with Crippen molar-refractivity contribution in [3.8, 4) is 0 Å². The molecule has 1 fully saturated rings. The number of nitrogens with zero attached hydrogens (tertiary/aromatic N) is 2. The Morgan fingerprint density at radius 2 is 1.86 bits per heavy atom. The molecule has 2 unspecified atom stereocenters. The fourth-order valence-corrected chi connectivity index (χ4v) is 6.51. The molecule has 1 N–H and O–H groups in total. The lowest BCUT2D eigenvalue weighted by atomic mass is 9.81. The van der Waals surface area contributed by atoms with E-state index in [9.17, 15) is 13.8 Å². The zero-order valence-corrected chi connectivity index (χ0v) is 23.2. The minimum atomic E-state index is -0.976. The monoisotopic (exact) mass is 525 g/mol. The maximum Gasteiger partial charge on any atom is 0.308 e. The van der Waals surface area contributed by atoms with Crippen LogP contribution in [0, 0.1) is 17.8 Å². The predicted molar refractivity (Wildman–Crippen MR) is 144 cm³/mol. The second-order valence-electron chi connectivity index (χ2n) is 10.6. The normalized spacial score (nSPS) is 22.5. The van der Waals surface area contributed by atoms with Gasteiger partial charge in [0.25, 0.3) is 5.91 Å². The molecule has 1 aromatic carbocycles. The van der Waals surface area contributed by atoms with Gasteiger partial charge in [-0.1, -0.05) is 32.9 Å². The van der Waals surface area contributed by atoms with Crippen LogP contribution in [-0.2, 0) is 33.4 Å². The number of hydrogen-bond donors (Lipinski definition) is 1. The van der Waals surface area contributed by atoms with Gasteiger partial charge >= 0.3 is 5.97 Å². The summed E-state index contributed by atoms with van der Waals surface area (Å²) in [5.74, 6) is 1.38. The van der Waals surface area contributed by atoms with Crippen molar-refractivity contribution in [3.63, 3.8) is 0 Å². The summed E-state index contributed by atoms with van der Waals surface area (Å²) < 4.78 is 16.9. The van der Waals surface area contributed by atoms with Crippen LogP contribution in [0.5, 0.6) is 0 Å². The van der Waals surface area contributed by atoms with Gasteiger partial charge < -0.3 is 10.1 Å². The van der Waals surface area contributed by atoms with Crippen LogP contribution in [0.4, 0.5) is 0 Å². The van der Waals surface area contributed by atoms with Gasteiger partial charge in [0.05, 0.1) is 41.1 Å². The molecule has 200 valence electrons. The first-order valence-corrected chi connectivity index (χ1v) is 14.7. The molecule has 1 aromatic heterocycles. The average molecular weight is 526 g/mol. The first kappa shape index (κ1) is 27.5. The Bertz CT molecular complexity index is 1130. The van der Waals surface area contributed by atoms with E-state index >= 15 is 0 Å². The van der Waals surface area contributed by atoms with Crippen LogP contribution in [-0.4, -0.2) is 45.4 Å². The fourth-order valence-electron chi connectivity index (χ4n) is 5.73. The van der Waals surface area contributed by atoms with Crippen molar-refractivity contribution >= 4 is 22.7 Å². The highest BCUT2D eigenvalue weighted by Crippen LogP contribution is 2.40. The number of amides is 1. The number of benzene rings is 1. The van der Waals surface area contributed by atoms with Crippen LogP contribution < -0.4 is 5.32 Å². The van der Waals surface area contributed by atoms with Gasteiger partial charge in [-0.25, -0.2) is 0 Å². The van der Waals surface area contributed by atoms with Gasteiger partial charge in [0.2, 0.25) is 0 Å².